The molecule has 0 saturated carbocycles. The summed E-state index contributed by atoms with van der Waals surface area (Å²) in [6.07, 6.45) is -0.373. The molecule has 0 radical (unpaired) electrons. The lowest BCUT2D eigenvalue weighted by Crippen LogP contribution is -2.36. The van der Waals surface area contributed by atoms with Gasteiger partial charge in [-0.2, -0.15) is 0 Å². The van der Waals surface area contributed by atoms with E-state index in [9.17, 15) is 9.59 Å². The van der Waals surface area contributed by atoms with Gasteiger partial charge in [-0.3, -0.25) is 4.79 Å². The predicted octanol–water partition coefficient (Wildman–Crippen LogP) is 2.05. The van der Waals surface area contributed by atoms with Crippen LogP contribution in [-0.2, 0) is 14.3 Å². The Morgan fingerprint density at radius 1 is 1.28 bits per heavy atom. The molecule has 0 bridgehead atoms. The summed E-state index contributed by atoms with van der Waals surface area (Å²) in [6, 6.07) is 0. The van der Waals surface area contributed by atoms with E-state index in [1.54, 1.807) is 4.90 Å². The van der Waals surface area contributed by atoms with Gasteiger partial charge >= 0.3 is 12.1 Å². The summed E-state index contributed by atoms with van der Waals surface area (Å²) in [4.78, 5) is 25.2. The first kappa shape index (κ1) is 14.8. The zero-order chi connectivity index (χ0) is 14.1. The van der Waals surface area contributed by atoms with Crippen molar-refractivity contribution < 1.29 is 19.1 Å². The van der Waals surface area contributed by atoms with Gasteiger partial charge in [0, 0.05) is 13.1 Å². The van der Waals surface area contributed by atoms with Gasteiger partial charge in [0.2, 0.25) is 0 Å². The van der Waals surface area contributed by atoms with E-state index >= 15 is 0 Å². The lowest BCUT2D eigenvalue weighted by Gasteiger charge is -2.25. The molecular formula is C13H23NO4. The Morgan fingerprint density at radius 3 is 2.28 bits per heavy atom. The number of carbonyl (C=O) groups is 2. The van der Waals surface area contributed by atoms with Crippen molar-refractivity contribution in [2.45, 2.75) is 40.2 Å². The number of hydrogen-bond acceptors (Lipinski definition) is 4. The topological polar surface area (TPSA) is 55.8 Å². The molecule has 1 amide bonds. The van der Waals surface area contributed by atoms with Crippen LogP contribution < -0.4 is 0 Å². The number of amides is 1. The maximum absolute atomic E-state index is 12.0. The van der Waals surface area contributed by atoms with Crippen LogP contribution in [0.5, 0.6) is 0 Å². The highest BCUT2D eigenvalue weighted by Gasteiger charge is 2.46. The molecule has 0 aromatic carbocycles. The summed E-state index contributed by atoms with van der Waals surface area (Å²) >= 11 is 0. The number of carbonyl (C=O) groups excluding carboxylic acids is 2. The molecule has 1 unspecified atom stereocenters. The molecule has 1 aliphatic heterocycles. The van der Waals surface area contributed by atoms with E-state index in [4.69, 9.17) is 9.47 Å². The van der Waals surface area contributed by atoms with E-state index in [0.717, 1.165) is 0 Å². The maximum Gasteiger partial charge on any atom is 0.410 e. The normalized spacial score (nSPS) is 22.8. The average molecular weight is 257 g/mol. The van der Waals surface area contributed by atoms with Crippen LogP contribution >= 0.6 is 0 Å². The average Bonchev–Trinajstić information content (AvgIpc) is 2.50. The van der Waals surface area contributed by atoms with Crippen molar-refractivity contribution in [3.63, 3.8) is 0 Å². The number of esters is 1. The van der Waals surface area contributed by atoms with Crippen molar-refractivity contribution in [2.24, 2.45) is 11.3 Å². The Kier molecular flexibility index (Phi) is 3.93. The molecule has 5 heteroatoms. The summed E-state index contributed by atoms with van der Waals surface area (Å²) in [5.41, 5.74) is -0.811. The highest BCUT2D eigenvalue weighted by atomic mass is 16.6. The number of ether oxygens (including phenoxy) is 2. The highest BCUT2D eigenvalue weighted by Crippen LogP contribution is 2.36. The monoisotopic (exact) mass is 257 g/mol. The second-order valence-electron chi connectivity index (χ2n) is 6.43. The molecule has 1 aliphatic rings. The fourth-order valence-corrected chi connectivity index (χ4v) is 2.14. The van der Waals surface area contributed by atoms with E-state index in [1.165, 1.54) is 7.11 Å². The molecule has 0 spiro atoms. The van der Waals surface area contributed by atoms with E-state index in [2.05, 4.69) is 0 Å². The van der Waals surface area contributed by atoms with E-state index in [-0.39, 0.29) is 23.4 Å². The van der Waals surface area contributed by atoms with Crippen LogP contribution in [0.4, 0.5) is 4.79 Å². The second-order valence-corrected chi connectivity index (χ2v) is 6.43. The van der Waals surface area contributed by atoms with E-state index in [0.29, 0.717) is 13.1 Å². The lowest BCUT2D eigenvalue weighted by atomic mass is 9.82. The van der Waals surface area contributed by atoms with Gasteiger partial charge in [0.15, 0.2) is 0 Å². The fraction of sp³-hybridized carbons (Fsp3) is 0.846. The van der Waals surface area contributed by atoms with Crippen LogP contribution in [0, 0.1) is 11.3 Å². The number of methoxy groups -OCH3 is 1. The first-order valence-electron chi connectivity index (χ1n) is 6.12. The fourth-order valence-electron chi connectivity index (χ4n) is 2.14. The quantitative estimate of drug-likeness (QED) is 0.675. The number of rotatable bonds is 1. The molecule has 0 aromatic heterocycles. The summed E-state index contributed by atoms with van der Waals surface area (Å²) in [7, 11) is 1.37. The second kappa shape index (κ2) is 4.78. The molecule has 0 aromatic rings. The number of likely N-dealkylation sites (tertiary alicyclic amines) is 1. The van der Waals surface area contributed by atoms with Crippen LogP contribution in [0.25, 0.3) is 0 Å². The van der Waals surface area contributed by atoms with Gasteiger partial charge in [-0.25, -0.2) is 4.79 Å². The summed E-state index contributed by atoms with van der Waals surface area (Å²) in [6.45, 7) is 10.2. The summed E-state index contributed by atoms with van der Waals surface area (Å²) in [5.74, 6) is -0.568. The SMILES string of the molecule is COC(=O)C1CN(C(=O)OC(C)(C)C)CC1(C)C. The van der Waals surface area contributed by atoms with Gasteiger partial charge in [-0.05, 0) is 26.2 Å². The van der Waals surface area contributed by atoms with Gasteiger partial charge in [0.1, 0.15) is 5.60 Å². The minimum Gasteiger partial charge on any atom is -0.469 e. The summed E-state index contributed by atoms with van der Waals surface area (Å²) < 4.78 is 10.1. The molecule has 1 heterocycles. The minimum absolute atomic E-state index is 0.272. The lowest BCUT2D eigenvalue weighted by molar-refractivity contribution is -0.147. The molecule has 1 rings (SSSR count). The Morgan fingerprint density at radius 2 is 1.83 bits per heavy atom. The third-order valence-corrected chi connectivity index (χ3v) is 3.08. The van der Waals surface area contributed by atoms with Gasteiger partial charge in [-0.1, -0.05) is 13.8 Å². The highest BCUT2D eigenvalue weighted by molar-refractivity contribution is 5.76. The van der Waals surface area contributed by atoms with Crippen LogP contribution in [0.3, 0.4) is 0 Å². The molecule has 1 atom stereocenters. The van der Waals surface area contributed by atoms with Gasteiger partial charge in [0.25, 0.3) is 0 Å². The first-order chi connectivity index (χ1) is 8.07. The Bertz CT molecular complexity index is 343. The Labute approximate surface area is 108 Å². The van der Waals surface area contributed by atoms with Crippen molar-refractivity contribution in [3.8, 4) is 0 Å². The maximum atomic E-state index is 12.0. The first-order valence-corrected chi connectivity index (χ1v) is 6.12. The van der Waals surface area contributed by atoms with Crippen molar-refractivity contribution in [2.75, 3.05) is 20.2 Å². The third kappa shape index (κ3) is 3.37. The van der Waals surface area contributed by atoms with Crippen molar-refractivity contribution in [1.29, 1.82) is 0 Å². The number of hydrogen-bond donors (Lipinski definition) is 0. The van der Waals surface area contributed by atoms with Gasteiger partial charge in [0.05, 0.1) is 13.0 Å². The molecule has 5 nitrogen and oxygen atoms in total. The zero-order valence-corrected chi connectivity index (χ0v) is 12.1. The van der Waals surface area contributed by atoms with E-state index < -0.39 is 5.60 Å². The molecule has 0 aliphatic carbocycles. The van der Waals surface area contributed by atoms with Gasteiger partial charge < -0.3 is 14.4 Å². The molecular weight excluding hydrogens is 234 g/mol. The van der Waals surface area contributed by atoms with Crippen molar-refractivity contribution in [1.82, 2.24) is 4.90 Å². The third-order valence-electron chi connectivity index (χ3n) is 3.08. The molecule has 18 heavy (non-hydrogen) atoms. The van der Waals surface area contributed by atoms with Crippen LogP contribution in [-0.4, -0.2) is 42.8 Å². The molecule has 1 fully saturated rings. The minimum atomic E-state index is -0.523. The molecule has 1 saturated heterocycles. The molecule has 104 valence electrons. The Hall–Kier alpha value is -1.26. The molecule has 0 N–H and O–H groups in total. The van der Waals surface area contributed by atoms with Crippen molar-refractivity contribution >= 4 is 12.1 Å². The van der Waals surface area contributed by atoms with Crippen molar-refractivity contribution in [3.05, 3.63) is 0 Å². The predicted molar refractivity (Wildman–Crippen MR) is 67.1 cm³/mol. The zero-order valence-electron chi connectivity index (χ0n) is 12.1. The smallest absolute Gasteiger partial charge is 0.410 e. The van der Waals surface area contributed by atoms with Crippen LogP contribution in [0.2, 0.25) is 0 Å². The largest absolute Gasteiger partial charge is 0.469 e. The summed E-state index contributed by atoms with van der Waals surface area (Å²) in [5, 5.41) is 0. The van der Waals surface area contributed by atoms with Crippen LogP contribution in [0.1, 0.15) is 34.6 Å². The Balaban J connectivity index is 2.74. The number of nitrogens with zero attached hydrogens (tertiary/aromatic N) is 1. The van der Waals surface area contributed by atoms with Crippen LogP contribution in [0.15, 0.2) is 0 Å². The van der Waals surface area contributed by atoms with E-state index in [1.807, 2.05) is 34.6 Å². The van der Waals surface area contributed by atoms with Gasteiger partial charge in [-0.15, -0.1) is 0 Å². The standard InChI is InChI=1S/C13H23NO4/c1-12(2,3)18-11(16)14-7-9(10(15)17-6)13(4,5)8-14/h9H,7-8H2,1-6H3.